The molecule has 1 aromatic carbocycles. The largest absolute Gasteiger partial charge is 0.504 e. The topological polar surface area (TPSA) is 53.8 Å². The minimum Gasteiger partial charge on any atom is -0.504 e. The number of alkyl halides is 1. The first-order chi connectivity index (χ1) is 11.5. The van der Waals surface area contributed by atoms with Crippen molar-refractivity contribution < 1.29 is 14.2 Å². The summed E-state index contributed by atoms with van der Waals surface area (Å²) in [5, 5.41) is 13.0. The molecule has 0 saturated heterocycles. The second kappa shape index (κ2) is 10.3. The molecule has 5 heteroatoms. The number of ether oxygens (including phenoxy) is 1. The zero-order chi connectivity index (χ0) is 17.9. The first-order valence-electron chi connectivity index (χ1n) is 7.77. The summed E-state index contributed by atoms with van der Waals surface area (Å²) in [6, 6.07) is 5.15. The number of phenols is 1. The van der Waals surface area contributed by atoms with Gasteiger partial charge in [-0.15, -0.1) is 0 Å². The molecule has 0 heterocycles. The Bertz CT molecular complexity index is 661. The summed E-state index contributed by atoms with van der Waals surface area (Å²) in [7, 11) is 1.51. The van der Waals surface area contributed by atoms with Gasteiger partial charge in [0.1, 0.15) is 6.67 Å². The van der Waals surface area contributed by atoms with Crippen LogP contribution in [-0.2, 0) is 0 Å². The summed E-state index contributed by atoms with van der Waals surface area (Å²) in [6.07, 6.45) is 7.48. The van der Waals surface area contributed by atoms with Gasteiger partial charge in [-0.05, 0) is 51.1 Å². The molecule has 0 aliphatic rings. The van der Waals surface area contributed by atoms with Gasteiger partial charge in [-0.2, -0.15) is 0 Å². The Morgan fingerprint density at radius 3 is 2.71 bits per heavy atom. The van der Waals surface area contributed by atoms with Crippen LogP contribution in [0.25, 0.3) is 5.70 Å². The highest BCUT2D eigenvalue weighted by Crippen LogP contribution is 2.28. The first kappa shape index (κ1) is 19.5. The fraction of sp³-hybridized carbons (Fsp3) is 0.316. The van der Waals surface area contributed by atoms with Crippen molar-refractivity contribution in [3.8, 4) is 11.5 Å². The lowest BCUT2D eigenvalue weighted by Crippen LogP contribution is -2.11. The second-order valence-electron chi connectivity index (χ2n) is 5.04. The number of allylic oxidation sites excluding steroid dienone is 5. The second-order valence-corrected chi connectivity index (χ2v) is 5.04. The van der Waals surface area contributed by atoms with Crippen LogP contribution in [0.3, 0.4) is 0 Å². The summed E-state index contributed by atoms with van der Waals surface area (Å²) >= 11 is 0. The van der Waals surface area contributed by atoms with Crippen molar-refractivity contribution in [2.45, 2.75) is 20.8 Å². The van der Waals surface area contributed by atoms with Gasteiger partial charge < -0.3 is 15.2 Å². The molecule has 4 nitrogen and oxygen atoms in total. The third-order valence-electron chi connectivity index (χ3n) is 3.19. The fourth-order valence-electron chi connectivity index (χ4n) is 2.12. The van der Waals surface area contributed by atoms with E-state index < -0.39 is 6.67 Å². The lowest BCUT2D eigenvalue weighted by Gasteiger charge is -2.13. The van der Waals surface area contributed by atoms with Gasteiger partial charge in [0, 0.05) is 17.0 Å². The van der Waals surface area contributed by atoms with E-state index in [-0.39, 0.29) is 12.3 Å². The van der Waals surface area contributed by atoms with Crippen LogP contribution in [0.5, 0.6) is 11.5 Å². The number of aromatic hydroxyl groups is 1. The molecule has 0 aliphatic carbocycles. The molecule has 0 spiro atoms. The summed E-state index contributed by atoms with van der Waals surface area (Å²) < 4.78 is 17.5. The SMILES string of the molecule is C/C=C\C(C=C(C)N/C(=C\C)c1ccc(O)c(OC)c1)=NCCF. The first-order valence-corrected chi connectivity index (χ1v) is 7.77. The molecule has 0 aromatic heterocycles. The maximum absolute atomic E-state index is 12.3. The van der Waals surface area contributed by atoms with Gasteiger partial charge in [-0.25, -0.2) is 4.39 Å². The number of methoxy groups -OCH3 is 1. The quantitative estimate of drug-likeness (QED) is 0.700. The van der Waals surface area contributed by atoms with Gasteiger partial charge in [0.25, 0.3) is 0 Å². The number of nitrogens with one attached hydrogen (secondary N) is 1. The number of nitrogens with zero attached hydrogens (tertiary/aromatic N) is 1. The Morgan fingerprint density at radius 2 is 2.12 bits per heavy atom. The van der Waals surface area contributed by atoms with Gasteiger partial charge >= 0.3 is 0 Å². The highest BCUT2D eigenvalue weighted by Gasteiger charge is 2.07. The van der Waals surface area contributed by atoms with Gasteiger partial charge in [0.2, 0.25) is 0 Å². The highest BCUT2D eigenvalue weighted by atomic mass is 19.1. The van der Waals surface area contributed by atoms with Crippen LogP contribution in [0.2, 0.25) is 0 Å². The summed E-state index contributed by atoms with van der Waals surface area (Å²) in [4.78, 5) is 4.18. The summed E-state index contributed by atoms with van der Waals surface area (Å²) in [6.45, 7) is 5.39. The Labute approximate surface area is 143 Å². The Kier molecular flexibility index (Phi) is 8.33. The van der Waals surface area contributed by atoms with E-state index >= 15 is 0 Å². The number of halogens is 1. The third-order valence-corrected chi connectivity index (χ3v) is 3.19. The predicted molar refractivity (Wildman–Crippen MR) is 98.3 cm³/mol. The smallest absolute Gasteiger partial charge is 0.161 e. The fourth-order valence-corrected chi connectivity index (χ4v) is 2.12. The third kappa shape index (κ3) is 5.91. The molecule has 0 fully saturated rings. The normalized spacial score (nSPS) is 13.5. The molecule has 0 saturated carbocycles. The van der Waals surface area contributed by atoms with E-state index in [1.165, 1.54) is 7.11 Å². The molecule has 2 N–H and O–H groups in total. The highest BCUT2D eigenvalue weighted by molar-refractivity contribution is 6.04. The lowest BCUT2D eigenvalue weighted by molar-refractivity contribution is 0.373. The van der Waals surface area contributed by atoms with E-state index in [4.69, 9.17) is 4.74 Å². The van der Waals surface area contributed by atoms with Crippen LogP contribution in [-0.4, -0.2) is 31.1 Å². The van der Waals surface area contributed by atoms with Crippen molar-refractivity contribution in [2.24, 2.45) is 4.99 Å². The van der Waals surface area contributed by atoms with Crippen LogP contribution in [0, 0.1) is 0 Å². The molecule has 0 unspecified atom stereocenters. The number of aliphatic imine (C=N–C) groups is 1. The van der Waals surface area contributed by atoms with Crippen LogP contribution >= 0.6 is 0 Å². The number of rotatable bonds is 8. The Morgan fingerprint density at radius 1 is 1.38 bits per heavy atom. The van der Waals surface area contributed by atoms with Gasteiger partial charge in [-0.3, -0.25) is 4.99 Å². The van der Waals surface area contributed by atoms with E-state index in [2.05, 4.69) is 10.3 Å². The lowest BCUT2D eigenvalue weighted by atomic mass is 10.1. The predicted octanol–water partition coefficient (Wildman–Crippen LogP) is 4.24. The standard InChI is InChI=1S/C19H25FN2O2/c1-5-7-16(21-11-10-20)12-14(3)22-17(6-2)15-8-9-18(23)19(13-15)24-4/h5-9,12-13,22-23H,10-11H2,1-4H3/b7-5-,14-12?,17-6-,21-16?. The van der Waals surface area contributed by atoms with Crippen molar-refractivity contribution >= 4 is 11.4 Å². The van der Waals surface area contributed by atoms with Crippen molar-refractivity contribution in [1.29, 1.82) is 0 Å². The minimum atomic E-state index is -0.477. The van der Waals surface area contributed by atoms with E-state index in [9.17, 15) is 9.50 Å². The zero-order valence-electron chi connectivity index (χ0n) is 14.6. The Hall–Kier alpha value is -2.56. The molecule has 0 amide bonds. The van der Waals surface area contributed by atoms with Crippen molar-refractivity contribution in [3.63, 3.8) is 0 Å². The van der Waals surface area contributed by atoms with Gasteiger partial charge in [-0.1, -0.05) is 12.2 Å². The van der Waals surface area contributed by atoms with Crippen LogP contribution < -0.4 is 10.1 Å². The van der Waals surface area contributed by atoms with E-state index in [0.717, 1.165) is 17.0 Å². The van der Waals surface area contributed by atoms with Crippen LogP contribution in [0.4, 0.5) is 4.39 Å². The Balaban J connectivity index is 3.01. The zero-order valence-corrected chi connectivity index (χ0v) is 14.6. The molecule has 1 aromatic rings. The van der Waals surface area contributed by atoms with Crippen molar-refractivity contribution in [3.05, 3.63) is 53.8 Å². The van der Waals surface area contributed by atoms with E-state index in [1.807, 2.05) is 45.1 Å². The molecular weight excluding hydrogens is 307 g/mol. The number of benzene rings is 1. The number of hydrogen-bond acceptors (Lipinski definition) is 4. The van der Waals surface area contributed by atoms with E-state index in [1.54, 1.807) is 18.2 Å². The average molecular weight is 332 g/mol. The van der Waals surface area contributed by atoms with Crippen molar-refractivity contribution in [2.75, 3.05) is 20.3 Å². The molecule has 1 rings (SSSR count). The molecule has 130 valence electrons. The van der Waals surface area contributed by atoms with Gasteiger partial charge in [0.05, 0.1) is 19.4 Å². The van der Waals surface area contributed by atoms with Crippen LogP contribution in [0.1, 0.15) is 26.3 Å². The molecule has 0 radical (unpaired) electrons. The molecule has 0 aliphatic heterocycles. The number of phenolic OH excluding ortho intramolecular Hbond substituents is 1. The molecule has 0 atom stereocenters. The molecular formula is C19H25FN2O2. The van der Waals surface area contributed by atoms with Crippen LogP contribution in [0.15, 0.2) is 53.2 Å². The summed E-state index contributed by atoms with van der Waals surface area (Å²) in [5.74, 6) is 0.507. The average Bonchev–Trinajstić information content (AvgIpc) is 2.58. The molecule has 24 heavy (non-hydrogen) atoms. The monoisotopic (exact) mass is 332 g/mol. The maximum Gasteiger partial charge on any atom is 0.161 e. The van der Waals surface area contributed by atoms with Gasteiger partial charge in [0.15, 0.2) is 11.5 Å². The minimum absolute atomic E-state index is 0.0951. The number of hydrogen-bond donors (Lipinski definition) is 2. The maximum atomic E-state index is 12.3. The van der Waals surface area contributed by atoms with Crippen molar-refractivity contribution in [1.82, 2.24) is 5.32 Å². The summed E-state index contributed by atoms with van der Waals surface area (Å²) in [5.41, 5.74) is 3.32. The van der Waals surface area contributed by atoms with E-state index in [0.29, 0.717) is 11.5 Å². The molecule has 0 bridgehead atoms.